The van der Waals surface area contributed by atoms with Crippen LogP contribution in [0.3, 0.4) is 0 Å². The molecule has 1 aliphatic heterocycles. The SMILES string of the molecule is CCCN(CC(=O)O)C1CCN(c2ccc(Cl)cc2Cl)C1=O. The second kappa shape index (κ2) is 7.31. The van der Waals surface area contributed by atoms with Gasteiger partial charge in [0.25, 0.3) is 0 Å². The van der Waals surface area contributed by atoms with Gasteiger partial charge in [-0.15, -0.1) is 0 Å². The molecule has 1 aromatic carbocycles. The van der Waals surface area contributed by atoms with Crippen LogP contribution in [0.1, 0.15) is 19.8 Å². The molecule has 0 spiro atoms. The van der Waals surface area contributed by atoms with Gasteiger partial charge in [0, 0.05) is 11.6 Å². The number of benzene rings is 1. The molecule has 5 nitrogen and oxygen atoms in total. The number of carbonyl (C=O) groups is 2. The van der Waals surface area contributed by atoms with E-state index in [1.807, 2.05) is 6.92 Å². The summed E-state index contributed by atoms with van der Waals surface area (Å²) in [4.78, 5) is 27.0. The normalized spacial score (nSPS) is 18.3. The lowest BCUT2D eigenvalue weighted by atomic mass is 10.2. The fourth-order valence-electron chi connectivity index (χ4n) is 2.75. The fourth-order valence-corrected chi connectivity index (χ4v) is 3.26. The van der Waals surface area contributed by atoms with Gasteiger partial charge in [-0.25, -0.2) is 0 Å². The van der Waals surface area contributed by atoms with Crippen molar-refractivity contribution in [2.75, 3.05) is 24.5 Å². The molecule has 1 fully saturated rings. The second-order valence-corrected chi connectivity index (χ2v) is 6.10. The summed E-state index contributed by atoms with van der Waals surface area (Å²) in [6.07, 6.45) is 1.38. The molecular weight excluding hydrogens is 327 g/mol. The Bertz CT molecular complexity index is 580. The van der Waals surface area contributed by atoms with Gasteiger partial charge >= 0.3 is 5.97 Å². The van der Waals surface area contributed by atoms with Crippen molar-refractivity contribution in [3.05, 3.63) is 28.2 Å². The number of aliphatic carboxylic acids is 1. The number of anilines is 1. The van der Waals surface area contributed by atoms with E-state index in [9.17, 15) is 9.59 Å². The van der Waals surface area contributed by atoms with Crippen LogP contribution in [0, 0.1) is 0 Å². The van der Waals surface area contributed by atoms with Crippen molar-refractivity contribution in [1.82, 2.24) is 4.90 Å². The minimum atomic E-state index is -0.927. The highest BCUT2D eigenvalue weighted by Crippen LogP contribution is 2.32. The maximum absolute atomic E-state index is 12.6. The lowest BCUT2D eigenvalue weighted by molar-refractivity contribution is -0.139. The molecule has 1 aromatic rings. The first-order chi connectivity index (χ1) is 10.4. The van der Waals surface area contributed by atoms with E-state index < -0.39 is 12.0 Å². The molecule has 1 aliphatic rings. The Kier molecular flexibility index (Phi) is 5.67. The molecule has 0 aliphatic carbocycles. The zero-order valence-corrected chi connectivity index (χ0v) is 13.8. The van der Waals surface area contributed by atoms with Crippen molar-refractivity contribution >= 4 is 40.8 Å². The van der Waals surface area contributed by atoms with Gasteiger partial charge in [0.15, 0.2) is 0 Å². The molecule has 120 valence electrons. The number of hydrogen-bond acceptors (Lipinski definition) is 3. The molecule has 22 heavy (non-hydrogen) atoms. The summed E-state index contributed by atoms with van der Waals surface area (Å²) >= 11 is 12.0. The summed E-state index contributed by atoms with van der Waals surface area (Å²) in [5.74, 6) is -1.04. The van der Waals surface area contributed by atoms with Gasteiger partial charge in [0.2, 0.25) is 5.91 Å². The first kappa shape index (κ1) is 17.1. The molecule has 1 heterocycles. The highest BCUT2D eigenvalue weighted by molar-refractivity contribution is 6.36. The molecule has 2 rings (SSSR count). The molecule has 1 saturated heterocycles. The summed E-state index contributed by atoms with van der Waals surface area (Å²) in [7, 11) is 0. The van der Waals surface area contributed by atoms with E-state index in [1.54, 1.807) is 28.0 Å². The number of carboxylic acids is 1. The Labute approximate surface area is 139 Å². The van der Waals surface area contributed by atoms with E-state index in [1.165, 1.54) is 0 Å². The van der Waals surface area contributed by atoms with Gasteiger partial charge in [-0.2, -0.15) is 0 Å². The van der Waals surface area contributed by atoms with Crippen LogP contribution in [0.4, 0.5) is 5.69 Å². The highest BCUT2D eigenvalue weighted by Gasteiger charge is 2.37. The summed E-state index contributed by atoms with van der Waals surface area (Å²) < 4.78 is 0. The number of amides is 1. The number of hydrogen-bond donors (Lipinski definition) is 1. The van der Waals surface area contributed by atoms with Gasteiger partial charge in [0.05, 0.1) is 23.3 Å². The van der Waals surface area contributed by atoms with E-state index in [2.05, 4.69) is 0 Å². The van der Waals surface area contributed by atoms with Crippen LogP contribution in [-0.4, -0.2) is 47.6 Å². The minimum absolute atomic E-state index is 0.112. The monoisotopic (exact) mass is 344 g/mol. The number of rotatable bonds is 6. The topological polar surface area (TPSA) is 60.9 Å². The van der Waals surface area contributed by atoms with Crippen molar-refractivity contribution in [3.8, 4) is 0 Å². The van der Waals surface area contributed by atoms with Crippen molar-refractivity contribution in [3.63, 3.8) is 0 Å². The van der Waals surface area contributed by atoms with Gasteiger partial charge in [-0.3, -0.25) is 14.5 Å². The van der Waals surface area contributed by atoms with Gasteiger partial charge in [0.1, 0.15) is 0 Å². The van der Waals surface area contributed by atoms with Crippen molar-refractivity contribution in [2.24, 2.45) is 0 Å². The van der Waals surface area contributed by atoms with Gasteiger partial charge in [-0.05, 0) is 37.6 Å². The molecule has 0 bridgehead atoms. The van der Waals surface area contributed by atoms with Crippen LogP contribution in [0.15, 0.2) is 18.2 Å². The number of nitrogens with zero attached hydrogens (tertiary/aromatic N) is 2. The summed E-state index contributed by atoms with van der Waals surface area (Å²) in [5, 5.41) is 9.94. The smallest absolute Gasteiger partial charge is 0.317 e. The summed E-state index contributed by atoms with van der Waals surface area (Å²) in [5.41, 5.74) is 0.616. The Balaban J connectivity index is 2.19. The van der Waals surface area contributed by atoms with Crippen LogP contribution in [0.25, 0.3) is 0 Å². The van der Waals surface area contributed by atoms with Crippen molar-refractivity contribution in [1.29, 1.82) is 0 Å². The summed E-state index contributed by atoms with van der Waals surface area (Å²) in [6, 6.07) is 4.58. The van der Waals surface area contributed by atoms with Crippen LogP contribution in [0.2, 0.25) is 10.0 Å². The Morgan fingerprint density at radius 2 is 2.18 bits per heavy atom. The maximum atomic E-state index is 12.6. The zero-order valence-electron chi connectivity index (χ0n) is 12.3. The predicted octanol–water partition coefficient (Wildman–Crippen LogP) is 2.90. The van der Waals surface area contributed by atoms with Crippen LogP contribution in [0.5, 0.6) is 0 Å². The van der Waals surface area contributed by atoms with Crippen molar-refractivity contribution < 1.29 is 14.7 Å². The molecule has 1 atom stereocenters. The average molecular weight is 345 g/mol. The number of halogens is 2. The Morgan fingerprint density at radius 3 is 2.77 bits per heavy atom. The van der Waals surface area contributed by atoms with Crippen LogP contribution >= 0.6 is 23.2 Å². The lowest BCUT2D eigenvalue weighted by Crippen LogP contribution is -2.44. The molecule has 0 radical (unpaired) electrons. The van der Waals surface area contributed by atoms with E-state index in [0.29, 0.717) is 35.2 Å². The summed E-state index contributed by atoms with van der Waals surface area (Å²) in [6.45, 7) is 2.92. The van der Waals surface area contributed by atoms with E-state index in [0.717, 1.165) is 6.42 Å². The molecule has 0 saturated carbocycles. The Hall–Kier alpha value is -1.30. The Morgan fingerprint density at radius 1 is 1.45 bits per heavy atom. The fraction of sp³-hybridized carbons (Fsp3) is 0.467. The third-order valence-electron chi connectivity index (χ3n) is 3.67. The van der Waals surface area contributed by atoms with Gasteiger partial charge < -0.3 is 10.0 Å². The largest absolute Gasteiger partial charge is 0.480 e. The lowest BCUT2D eigenvalue weighted by Gasteiger charge is -2.26. The molecule has 1 unspecified atom stereocenters. The van der Waals surface area contributed by atoms with Crippen molar-refractivity contribution in [2.45, 2.75) is 25.8 Å². The van der Waals surface area contributed by atoms with Gasteiger partial charge in [-0.1, -0.05) is 30.1 Å². The van der Waals surface area contributed by atoms with E-state index in [4.69, 9.17) is 28.3 Å². The van der Waals surface area contributed by atoms with E-state index >= 15 is 0 Å². The minimum Gasteiger partial charge on any atom is -0.480 e. The number of carboxylic acid groups (broad SMARTS) is 1. The second-order valence-electron chi connectivity index (χ2n) is 5.25. The quantitative estimate of drug-likeness (QED) is 0.861. The zero-order chi connectivity index (χ0) is 16.3. The third-order valence-corrected chi connectivity index (χ3v) is 4.21. The molecule has 1 amide bonds. The van der Waals surface area contributed by atoms with Crippen LogP contribution < -0.4 is 4.90 Å². The molecule has 7 heteroatoms. The first-order valence-electron chi connectivity index (χ1n) is 7.16. The maximum Gasteiger partial charge on any atom is 0.317 e. The van der Waals surface area contributed by atoms with E-state index in [-0.39, 0.29) is 12.5 Å². The highest BCUT2D eigenvalue weighted by atomic mass is 35.5. The molecule has 0 aromatic heterocycles. The molecule has 1 N–H and O–H groups in total. The predicted molar refractivity (Wildman–Crippen MR) is 86.7 cm³/mol. The molecular formula is C15H18Cl2N2O3. The number of carbonyl (C=O) groups excluding carboxylic acids is 1. The third kappa shape index (κ3) is 3.72. The van der Waals surface area contributed by atoms with Crippen LogP contribution in [-0.2, 0) is 9.59 Å². The average Bonchev–Trinajstić information content (AvgIpc) is 2.80. The first-order valence-corrected chi connectivity index (χ1v) is 7.92. The standard InChI is InChI=1S/C15H18Cl2N2O3/c1-2-6-18(9-14(20)21)13-5-7-19(15(13)22)12-4-3-10(16)8-11(12)17/h3-4,8,13H,2,5-7,9H2,1H3,(H,20,21).